The van der Waals surface area contributed by atoms with Crippen molar-refractivity contribution in [3.05, 3.63) is 46.4 Å². The molecule has 2 rings (SSSR count). The molecule has 0 fully saturated rings. The number of carbonyl (C=O) groups excluding carboxylic acids is 1. The normalized spacial score (nSPS) is 13.5. The summed E-state index contributed by atoms with van der Waals surface area (Å²) in [7, 11) is 0. The molecule has 24 heavy (non-hydrogen) atoms. The van der Waals surface area contributed by atoms with Crippen molar-refractivity contribution < 1.29 is 4.79 Å². The highest BCUT2D eigenvalue weighted by atomic mass is 32.2. The smallest absolute Gasteiger partial charge is 0.343 e. The molecule has 130 valence electrons. The highest BCUT2D eigenvalue weighted by Gasteiger charge is 2.19. The van der Waals surface area contributed by atoms with Crippen molar-refractivity contribution in [2.24, 2.45) is 0 Å². The van der Waals surface area contributed by atoms with Crippen LogP contribution in [0, 0.1) is 0 Å². The summed E-state index contributed by atoms with van der Waals surface area (Å²) in [5, 5.41) is 9.66. The second kappa shape index (κ2) is 8.73. The fraction of sp³-hybridized carbons (Fsp3) is 0.471. The van der Waals surface area contributed by atoms with Gasteiger partial charge in [-0.1, -0.05) is 55.9 Å². The Hall–Kier alpha value is -2.02. The molecule has 0 aliphatic carbocycles. The van der Waals surface area contributed by atoms with Gasteiger partial charge in [0.1, 0.15) is 0 Å². The maximum Gasteiger partial charge on any atom is 0.343 e. The Kier molecular flexibility index (Phi) is 6.66. The number of aromatic nitrogens is 3. The number of rotatable bonds is 8. The minimum Gasteiger partial charge on any atom is -0.355 e. The first-order valence-corrected chi connectivity index (χ1v) is 9.05. The Bertz CT molecular complexity index is 711. The number of H-pyrrole nitrogens is 1. The van der Waals surface area contributed by atoms with Crippen LogP contribution in [0.5, 0.6) is 0 Å². The van der Waals surface area contributed by atoms with Crippen molar-refractivity contribution >= 4 is 17.7 Å². The van der Waals surface area contributed by atoms with E-state index in [0.717, 1.165) is 6.42 Å². The van der Waals surface area contributed by atoms with Crippen molar-refractivity contribution in [1.29, 1.82) is 0 Å². The number of hydrogen-bond acceptors (Lipinski definition) is 4. The van der Waals surface area contributed by atoms with Crippen LogP contribution < -0.4 is 11.0 Å². The molecule has 0 bridgehead atoms. The van der Waals surface area contributed by atoms with Crippen molar-refractivity contribution in [3.8, 4) is 0 Å². The molecule has 2 N–H and O–H groups in total. The van der Waals surface area contributed by atoms with Crippen LogP contribution in [0.2, 0.25) is 0 Å². The van der Waals surface area contributed by atoms with Crippen LogP contribution in [0.25, 0.3) is 0 Å². The van der Waals surface area contributed by atoms with Gasteiger partial charge in [-0.15, -0.1) is 5.10 Å². The molecule has 0 saturated carbocycles. The first kappa shape index (κ1) is 18.3. The summed E-state index contributed by atoms with van der Waals surface area (Å²) < 4.78 is 1.57. The van der Waals surface area contributed by atoms with Crippen LogP contribution in [0.1, 0.15) is 38.7 Å². The van der Waals surface area contributed by atoms with E-state index in [9.17, 15) is 9.59 Å². The molecule has 1 heterocycles. The molecule has 0 saturated heterocycles. The van der Waals surface area contributed by atoms with Crippen LogP contribution >= 0.6 is 11.8 Å². The zero-order chi connectivity index (χ0) is 17.5. The summed E-state index contributed by atoms with van der Waals surface area (Å²) in [6, 6.07) is 10.1. The molecular weight excluding hydrogens is 324 g/mol. The molecule has 2 atom stereocenters. The van der Waals surface area contributed by atoms with E-state index in [2.05, 4.69) is 34.6 Å². The number of nitrogens with one attached hydrogen (secondary N) is 2. The van der Waals surface area contributed by atoms with Gasteiger partial charge in [0, 0.05) is 13.1 Å². The number of hydrogen-bond donors (Lipinski definition) is 2. The van der Waals surface area contributed by atoms with Crippen LogP contribution in [0.15, 0.2) is 40.3 Å². The maximum atomic E-state index is 12.3. The molecule has 2 aromatic rings. The molecule has 1 aromatic heterocycles. The van der Waals surface area contributed by atoms with Gasteiger partial charge in [-0.3, -0.25) is 9.36 Å². The van der Waals surface area contributed by atoms with E-state index in [1.54, 1.807) is 4.57 Å². The van der Waals surface area contributed by atoms with E-state index in [4.69, 9.17) is 0 Å². The van der Waals surface area contributed by atoms with E-state index < -0.39 is 0 Å². The van der Waals surface area contributed by atoms with Crippen LogP contribution in [-0.2, 0) is 11.3 Å². The molecule has 0 spiro atoms. The third-order valence-corrected chi connectivity index (χ3v) is 4.86. The molecule has 0 aliphatic rings. The van der Waals surface area contributed by atoms with Gasteiger partial charge in [-0.2, -0.15) is 0 Å². The van der Waals surface area contributed by atoms with Gasteiger partial charge < -0.3 is 5.32 Å². The topological polar surface area (TPSA) is 79.8 Å². The van der Waals surface area contributed by atoms with Gasteiger partial charge in [-0.25, -0.2) is 9.89 Å². The summed E-state index contributed by atoms with van der Waals surface area (Å²) >= 11 is 1.30. The van der Waals surface area contributed by atoms with Crippen LogP contribution in [0.4, 0.5) is 0 Å². The van der Waals surface area contributed by atoms with Crippen LogP contribution in [0.3, 0.4) is 0 Å². The van der Waals surface area contributed by atoms with Crippen molar-refractivity contribution in [2.75, 3.05) is 6.54 Å². The summed E-state index contributed by atoms with van der Waals surface area (Å²) in [4.78, 5) is 24.0. The summed E-state index contributed by atoms with van der Waals surface area (Å²) in [5.74, 6) is 0.192. The Labute approximate surface area is 146 Å². The lowest BCUT2D eigenvalue weighted by atomic mass is 10.0. The average molecular weight is 348 g/mol. The fourth-order valence-corrected chi connectivity index (χ4v) is 3.23. The predicted octanol–water partition coefficient (Wildman–Crippen LogP) is 2.38. The van der Waals surface area contributed by atoms with Gasteiger partial charge in [0.05, 0.1) is 5.25 Å². The highest BCUT2D eigenvalue weighted by Crippen LogP contribution is 2.20. The van der Waals surface area contributed by atoms with E-state index >= 15 is 0 Å². The van der Waals surface area contributed by atoms with Crippen molar-refractivity contribution in [2.45, 2.75) is 50.1 Å². The number of carbonyl (C=O) groups is 1. The molecular formula is C17H24N4O2S. The Balaban J connectivity index is 1.90. The quantitative estimate of drug-likeness (QED) is 0.718. The molecule has 6 nitrogen and oxygen atoms in total. The zero-order valence-electron chi connectivity index (χ0n) is 14.3. The van der Waals surface area contributed by atoms with E-state index in [-0.39, 0.29) is 22.8 Å². The molecule has 2 unspecified atom stereocenters. The molecule has 0 aliphatic heterocycles. The maximum absolute atomic E-state index is 12.3. The Morgan fingerprint density at radius 2 is 2.04 bits per heavy atom. The Morgan fingerprint density at radius 3 is 2.71 bits per heavy atom. The zero-order valence-corrected chi connectivity index (χ0v) is 15.1. The molecule has 0 radical (unpaired) electrons. The van der Waals surface area contributed by atoms with Gasteiger partial charge in [0.15, 0.2) is 5.16 Å². The molecule has 7 heteroatoms. The standard InChI is InChI=1S/C17H24N4O2S/c1-4-10-21-16(23)19-20-17(21)24-13(3)15(22)18-11-12(2)14-8-6-5-7-9-14/h5-9,12-13H,4,10-11H2,1-3H3,(H,18,22)(H,19,23). The first-order valence-electron chi connectivity index (χ1n) is 8.17. The number of benzene rings is 1. The SMILES string of the molecule is CCCn1c(SC(C)C(=O)NCC(C)c2ccccc2)n[nH]c1=O. The number of amides is 1. The van der Waals surface area contributed by atoms with Crippen molar-refractivity contribution in [1.82, 2.24) is 20.1 Å². The second-order valence-corrected chi connectivity index (χ2v) is 7.09. The third-order valence-electron chi connectivity index (χ3n) is 3.77. The van der Waals surface area contributed by atoms with Gasteiger partial charge in [0.25, 0.3) is 0 Å². The largest absolute Gasteiger partial charge is 0.355 e. The summed E-state index contributed by atoms with van der Waals surface area (Å²) in [6.45, 7) is 7.07. The number of nitrogens with zero attached hydrogens (tertiary/aromatic N) is 2. The van der Waals surface area contributed by atoms with Crippen LogP contribution in [-0.4, -0.2) is 32.5 Å². The van der Waals surface area contributed by atoms with E-state index in [1.165, 1.54) is 17.3 Å². The van der Waals surface area contributed by atoms with Gasteiger partial charge in [0.2, 0.25) is 5.91 Å². The second-order valence-electron chi connectivity index (χ2n) is 5.78. The van der Waals surface area contributed by atoms with Crippen molar-refractivity contribution in [3.63, 3.8) is 0 Å². The minimum absolute atomic E-state index is 0.0544. The van der Waals surface area contributed by atoms with E-state index in [0.29, 0.717) is 18.2 Å². The lowest BCUT2D eigenvalue weighted by Crippen LogP contribution is -2.33. The average Bonchev–Trinajstić information content (AvgIpc) is 2.93. The summed E-state index contributed by atoms with van der Waals surface area (Å²) in [6.07, 6.45) is 0.835. The third kappa shape index (κ3) is 4.74. The predicted molar refractivity (Wildman–Crippen MR) is 96.3 cm³/mol. The molecule has 1 amide bonds. The lowest BCUT2D eigenvalue weighted by Gasteiger charge is -2.16. The monoisotopic (exact) mass is 348 g/mol. The van der Waals surface area contributed by atoms with E-state index in [1.807, 2.05) is 32.0 Å². The van der Waals surface area contributed by atoms with Gasteiger partial charge >= 0.3 is 5.69 Å². The Morgan fingerprint density at radius 1 is 1.33 bits per heavy atom. The fourth-order valence-electron chi connectivity index (χ4n) is 2.32. The minimum atomic E-state index is -0.321. The van der Waals surface area contributed by atoms with Gasteiger partial charge in [-0.05, 0) is 24.8 Å². The number of aromatic amines is 1. The highest BCUT2D eigenvalue weighted by molar-refractivity contribution is 8.00. The molecule has 1 aromatic carbocycles. The lowest BCUT2D eigenvalue weighted by molar-refractivity contribution is -0.120. The summed E-state index contributed by atoms with van der Waals surface area (Å²) in [5.41, 5.74) is 0.965. The first-order chi connectivity index (χ1) is 11.5. The number of thioether (sulfide) groups is 1.